The highest BCUT2D eigenvalue weighted by Crippen LogP contribution is 2.43. The maximum atomic E-state index is 6.00. The lowest BCUT2D eigenvalue weighted by Crippen LogP contribution is -2.33. The van der Waals surface area contributed by atoms with Crippen LogP contribution in [0.4, 0.5) is 0 Å². The Kier molecular flexibility index (Phi) is 4.28. The molecule has 0 bridgehead atoms. The molecular weight excluding hydrogens is 250 g/mol. The molecule has 1 heterocycles. The largest absolute Gasteiger partial charge is 0.497 e. The van der Waals surface area contributed by atoms with E-state index < -0.39 is 0 Å². The Balaban J connectivity index is 2.52. The predicted molar refractivity (Wildman–Crippen MR) is 82.8 cm³/mol. The van der Waals surface area contributed by atoms with Gasteiger partial charge in [-0.15, -0.1) is 0 Å². The second-order valence-corrected chi connectivity index (χ2v) is 6.85. The number of rotatable bonds is 3. The van der Waals surface area contributed by atoms with E-state index in [1.807, 2.05) is 0 Å². The lowest BCUT2D eigenvalue weighted by molar-refractivity contribution is 0.240. The first-order valence-electron chi connectivity index (χ1n) is 7.44. The predicted octanol–water partition coefficient (Wildman–Crippen LogP) is 3.81. The summed E-state index contributed by atoms with van der Waals surface area (Å²) in [6.45, 7) is 11.8. The van der Waals surface area contributed by atoms with Gasteiger partial charge in [0.2, 0.25) is 0 Å². The summed E-state index contributed by atoms with van der Waals surface area (Å²) in [6, 6.07) is 5.02. The van der Waals surface area contributed by atoms with Crippen molar-refractivity contribution in [1.82, 2.24) is 5.32 Å². The van der Waals surface area contributed by atoms with Crippen molar-refractivity contribution in [3.63, 3.8) is 0 Å². The third-order valence-corrected chi connectivity index (χ3v) is 3.70. The molecule has 1 atom stereocenters. The summed E-state index contributed by atoms with van der Waals surface area (Å²) in [5.74, 6) is 1.96. The van der Waals surface area contributed by atoms with E-state index in [0.717, 1.165) is 24.5 Å². The Hall–Kier alpha value is -1.22. The highest BCUT2D eigenvalue weighted by atomic mass is 16.5. The summed E-state index contributed by atoms with van der Waals surface area (Å²) in [7, 11) is 1.72. The normalized spacial score (nSPS) is 18.6. The van der Waals surface area contributed by atoms with Crippen LogP contribution in [-0.4, -0.2) is 19.8 Å². The van der Waals surface area contributed by atoms with Gasteiger partial charge in [0.05, 0.1) is 13.7 Å². The number of nitrogens with one attached hydrogen (secondary N) is 1. The monoisotopic (exact) mass is 277 g/mol. The summed E-state index contributed by atoms with van der Waals surface area (Å²) >= 11 is 0. The van der Waals surface area contributed by atoms with Gasteiger partial charge in [-0.1, -0.05) is 34.6 Å². The maximum absolute atomic E-state index is 6.00. The quantitative estimate of drug-likeness (QED) is 0.911. The van der Waals surface area contributed by atoms with Gasteiger partial charge in [-0.05, 0) is 17.5 Å². The van der Waals surface area contributed by atoms with Crippen molar-refractivity contribution >= 4 is 0 Å². The molecule has 1 N–H and O–H groups in total. The first-order valence-corrected chi connectivity index (χ1v) is 7.44. The number of benzene rings is 1. The first-order chi connectivity index (χ1) is 9.32. The molecule has 2 rings (SSSR count). The summed E-state index contributed by atoms with van der Waals surface area (Å²) in [4.78, 5) is 0. The minimum absolute atomic E-state index is 0.0400. The minimum atomic E-state index is 0.0400. The Morgan fingerprint density at radius 1 is 1.30 bits per heavy atom. The van der Waals surface area contributed by atoms with Gasteiger partial charge < -0.3 is 14.8 Å². The van der Waals surface area contributed by atoms with E-state index in [0.29, 0.717) is 12.1 Å². The van der Waals surface area contributed by atoms with E-state index in [2.05, 4.69) is 52.1 Å². The van der Waals surface area contributed by atoms with Crippen LogP contribution in [0.3, 0.4) is 0 Å². The summed E-state index contributed by atoms with van der Waals surface area (Å²) < 4.78 is 11.5. The fourth-order valence-electron chi connectivity index (χ4n) is 2.73. The van der Waals surface area contributed by atoms with Crippen LogP contribution in [0.1, 0.15) is 58.2 Å². The summed E-state index contributed by atoms with van der Waals surface area (Å²) in [6.07, 6.45) is 1.00. The first kappa shape index (κ1) is 15.2. The van der Waals surface area contributed by atoms with E-state index in [9.17, 15) is 0 Å². The van der Waals surface area contributed by atoms with Gasteiger partial charge >= 0.3 is 0 Å². The van der Waals surface area contributed by atoms with E-state index in [1.165, 1.54) is 11.1 Å². The summed E-state index contributed by atoms with van der Waals surface area (Å²) in [5, 5.41) is 3.63. The smallest absolute Gasteiger partial charge is 0.128 e. The molecule has 0 aromatic heterocycles. The zero-order valence-electron chi connectivity index (χ0n) is 13.5. The summed E-state index contributed by atoms with van der Waals surface area (Å²) in [5.41, 5.74) is 2.49. The molecule has 20 heavy (non-hydrogen) atoms. The SMILES string of the molecule is COc1cc2c(c(C(C)(C)C)c1)OCCC2NC(C)C. The van der Waals surface area contributed by atoms with Crippen molar-refractivity contribution in [1.29, 1.82) is 0 Å². The van der Waals surface area contributed by atoms with Crippen LogP contribution in [0.15, 0.2) is 12.1 Å². The van der Waals surface area contributed by atoms with Crippen molar-refractivity contribution < 1.29 is 9.47 Å². The zero-order valence-corrected chi connectivity index (χ0v) is 13.5. The molecule has 1 aromatic rings. The third kappa shape index (κ3) is 3.09. The lowest BCUT2D eigenvalue weighted by Gasteiger charge is -2.33. The molecule has 0 spiro atoms. The molecule has 112 valence electrons. The Morgan fingerprint density at radius 3 is 2.55 bits per heavy atom. The fourth-order valence-corrected chi connectivity index (χ4v) is 2.73. The van der Waals surface area contributed by atoms with E-state index in [-0.39, 0.29) is 5.41 Å². The zero-order chi connectivity index (χ0) is 14.9. The van der Waals surface area contributed by atoms with Crippen LogP contribution in [0.25, 0.3) is 0 Å². The van der Waals surface area contributed by atoms with E-state index in [1.54, 1.807) is 7.11 Å². The van der Waals surface area contributed by atoms with E-state index in [4.69, 9.17) is 9.47 Å². The molecule has 0 saturated heterocycles. The third-order valence-electron chi connectivity index (χ3n) is 3.70. The fraction of sp³-hybridized carbons (Fsp3) is 0.647. The maximum Gasteiger partial charge on any atom is 0.128 e. The highest BCUT2D eigenvalue weighted by molar-refractivity contribution is 5.52. The van der Waals surface area contributed by atoms with Gasteiger partial charge in [0.15, 0.2) is 0 Å². The second kappa shape index (κ2) is 5.65. The Morgan fingerprint density at radius 2 is 2.00 bits per heavy atom. The van der Waals surface area contributed by atoms with Gasteiger partial charge in [0.1, 0.15) is 11.5 Å². The molecular formula is C17H27NO2. The Labute approximate surface area is 122 Å². The standard InChI is InChI=1S/C17H27NO2/c1-11(2)18-15-7-8-20-16-13(15)9-12(19-6)10-14(16)17(3,4)5/h9-11,15,18H,7-8H2,1-6H3. The number of fused-ring (bicyclic) bond motifs is 1. The molecule has 1 aliphatic heterocycles. The average molecular weight is 277 g/mol. The topological polar surface area (TPSA) is 30.5 Å². The molecule has 3 nitrogen and oxygen atoms in total. The molecule has 0 radical (unpaired) electrons. The van der Waals surface area contributed by atoms with Crippen molar-refractivity contribution in [2.45, 2.75) is 58.5 Å². The van der Waals surface area contributed by atoms with Crippen molar-refractivity contribution in [3.8, 4) is 11.5 Å². The Bertz CT molecular complexity index is 475. The molecule has 1 unspecified atom stereocenters. The van der Waals surface area contributed by atoms with Crippen LogP contribution in [0.5, 0.6) is 11.5 Å². The van der Waals surface area contributed by atoms with Gasteiger partial charge in [-0.25, -0.2) is 0 Å². The number of methoxy groups -OCH3 is 1. The highest BCUT2D eigenvalue weighted by Gasteiger charge is 2.29. The van der Waals surface area contributed by atoms with Crippen LogP contribution in [-0.2, 0) is 5.41 Å². The van der Waals surface area contributed by atoms with Crippen molar-refractivity contribution in [3.05, 3.63) is 23.3 Å². The molecule has 0 saturated carbocycles. The number of hydrogen-bond acceptors (Lipinski definition) is 3. The second-order valence-electron chi connectivity index (χ2n) is 6.85. The number of ether oxygens (including phenoxy) is 2. The van der Waals surface area contributed by atoms with Crippen LogP contribution in [0, 0.1) is 0 Å². The molecule has 1 aromatic carbocycles. The minimum Gasteiger partial charge on any atom is -0.497 e. The molecule has 3 heteroatoms. The van der Waals surface area contributed by atoms with Gasteiger partial charge in [-0.2, -0.15) is 0 Å². The van der Waals surface area contributed by atoms with Gasteiger partial charge in [0, 0.05) is 29.6 Å². The lowest BCUT2D eigenvalue weighted by atomic mass is 9.83. The van der Waals surface area contributed by atoms with Gasteiger partial charge in [0.25, 0.3) is 0 Å². The van der Waals surface area contributed by atoms with Crippen LogP contribution < -0.4 is 14.8 Å². The molecule has 0 fully saturated rings. The molecule has 0 amide bonds. The molecule has 0 aliphatic carbocycles. The van der Waals surface area contributed by atoms with Gasteiger partial charge in [-0.3, -0.25) is 0 Å². The van der Waals surface area contributed by atoms with E-state index >= 15 is 0 Å². The molecule has 1 aliphatic rings. The van der Waals surface area contributed by atoms with Crippen LogP contribution in [0.2, 0.25) is 0 Å². The van der Waals surface area contributed by atoms with Crippen molar-refractivity contribution in [2.75, 3.05) is 13.7 Å². The van der Waals surface area contributed by atoms with Crippen LogP contribution >= 0.6 is 0 Å². The average Bonchev–Trinajstić information content (AvgIpc) is 2.36. The van der Waals surface area contributed by atoms with Crippen molar-refractivity contribution in [2.24, 2.45) is 0 Å². The number of hydrogen-bond donors (Lipinski definition) is 1.